The molecule has 0 spiro atoms. The van der Waals surface area contributed by atoms with E-state index in [4.69, 9.17) is 11.6 Å². The topological polar surface area (TPSA) is 69.4 Å². The van der Waals surface area contributed by atoms with Crippen LogP contribution in [0.5, 0.6) is 0 Å². The van der Waals surface area contributed by atoms with E-state index in [0.29, 0.717) is 11.1 Å². The van der Waals surface area contributed by atoms with Crippen LogP contribution in [-0.4, -0.2) is 35.5 Å². The molecule has 19 heavy (non-hydrogen) atoms. The highest BCUT2D eigenvalue weighted by molar-refractivity contribution is 7.99. The molecule has 2 heterocycles. The third kappa shape index (κ3) is 3.22. The van der Waals surface area contributed by atoms with Crippen LogP contribution in [0.4, 0.5) is 0 Å². The van der Waals surface area contributed by atoms with Crippen molar-refractivity contribution in [2.24, 2.45) is 5.92 Å². The summed E-state index contributed by atoms with van der Waals surface area (Å²) in [4.78, 5) is 16.4. The van der Waals surface area contributed by atoms with Gasteiger partial charge in [-0.15, -0.1) is 0 Å². The van der Waals surface area contributed by atoms with Crippen molar-refractivity contribution in [3.05, 3.63) is 17.9 Å². The highest BCUT2D eigenvalue weighted by atomic mass is 35.5. The standard InChI is InChI=1S/C11H13ClN6S/c12-9-15-10(18-7-13-6-14-18)17-11(16-9)19-5-8-3-1-2-4-8/h6-8H,1-5H2. The van der Waals surface area contributed by atoms with Crippen LogP contribution >= 0.6 is 23.4 Å². The van der Waals surface area contributed by atoms with E-state index in [1.807, 2.05) is 0 Å². The van der Waals surface area contributed by atoms with E-state index in [0.717, 1.165) is 11.7 Å². The third-order valence-corrected chi connectivity index (χ3v) is 4.37. The normalized spacial score (nSPS) is 16.1. The van der Waals surface area contributed by atoms with E-state index >= 15 is 0 Å². The summed E-state index contributed by atoms with van der Waals surface area (Å²) in [6.07, 6.45) is 8.27. The smallest absolute Gasteiger partial charge is 0.223 e. The highest BCUT2D eigenvalue weighted by Gasteiger charge is 2.16. The van der Waals surface area contributed by atoms with Crippen LogP contribution in [-0.2, 0) is 0 Å². The maximum Gasteiger partial charge on any atom is 0.257 e. The fourth-order valence-electron chi connectivity index (χ4n) is 2.17. The Hall–Kier alpha value is -1.21. The van der Waals surface area contributed by atoms with E-state index < -0.39 is 0 Å². The Morgan fingerprint density at radius 1 is 1.26 bits per heavy atom. The molecular formula is C11H13ClN6S. The van der Waals surface area contributed by atoms with Gasteiger partial charge in [-0.3, -0.25) is 0 Å². The molecule has 1 saturated carbocycles. The Labute approximate surface area is 120 Å². The maximum atomic E-state index is 5.93. The van der Waals surface area contributed by atoms with Crippen LogP contribution in [0.2, 0.25) is 5.28 Å². The van der Waals surface area contributed by atoms with Gasteiger partial charge in [0.05, 0.1) is 0 Å². The minimum Gasteiger partial charge on any atom is -0.223 e. The Kier molecular flexibility index (Phi) is 3.93. The van der Waals surface area contributed by atoms with Crippen molar-refractivity contribution >= 4 is 23.4 Å². The molecule has 2 aromatic heterocycles. The number of hydrogen-bond acceptors (Lipinski definition) is 6. The lowest BCUT2D eigenvalue weighted by atomic mass is 10.1. The molecule has 2 aromatic rings. The summed E-state index contributed by atoms with van der Waals surface area (Å²) in [6, 6.07) is 0. The molecule has 3 rings (SSSR count). The molecule has 0 aliphatic heterocycles. The molecule has 0 N–H and O–H groups in total. The molecule has 6 nitrogen and oxygen atoms in total. The largest absolute Gasteiger partial charge is 0.257 e. The maximum absolute atomic E-state index is 5.93. The van der Waals surface area contributed by atoms with E-state index in [2.05, 4.69) is 25.0 Å². The van der Waals surface area contributed by atoms with Crippen molar-refractivity contribution in [3.8, 4) is 5.95 Å². The van der Waals surface area contributed by atoms with Gasteiger partial charge < -0.3 is 0 Å². The lowest BCUT2D eigenvalue weighted by Crippen LogP contribution is -2.05. The van der Waals surface area contributed by atoms with Gasteiger partial charge in [0, 0.05) is 5.75 Å². The monoisotopic (exact) mass is 296 g/mol. The van der Waals surface area contributed by atoms with Crippen molar-refractivity contribution < 1.29 is 0 Å². The summed E-state index contributed by atoms with van der Waals surface area (Å²) in [5.41, 5.74) is 0. The lowest BCUT2D eigenvalue weighted by Gasteiger charge is -2.07. The number of halogens is 1. The lowest BCUT2D eigenvalue weighted by molar-refractivity contribution is 0.622. The van der Waals surface area contributed by atoms with Gasteiger partial charge in [-0.05, 0) is 30.4 Å². The van der Waals surface area contributed by atoms with E-state index in [-0.39, 0.29) is 5.28 Å². The summed E-state index contributed by atoms with van der Waals surface area (Å²) in [6.45, 7) is 0. The fourth-order valence-corrected chi connectivity index (χ4v) is 3.39. The molecule has 0 atom stereocenters. The number of rotatable bonds is 4. The van der Waals surface area contributed by atoms with Crippen LogP contribution in [0, 0.1) is 5.92 Å². The van der Waals surface area contributed by atoms with Crippen LogP contribution < -0.4 is 0 Å². The quantitative estimate of drug-likeness (QED) is 0.807. The van der Waals surface area contributed by atoms with Gasteiger partial charge in [0.15, 0.2) is 5.16 Å². The summed E-state index contributed by atoms with van der Waals surface area (Å²) in [5, 5.41) is 4.83. The minimum absolute atomic E-state index is 0.189. The highest BCUT2D eigenvalue weighted by Crippen LogP contribution is 2.30. The first kappa shape index (κ1) is 12.8. The molecule has 1 aliphatic rings. The number of hydrogen-bond donors (Lipinski definition) is 0. The molecule has 0 unspecified atom stereocenters. The van der Waals surface area contributed by atoms with Crippen LogP contribution in [0.1, 0.15) is 25.7 Å². The van der Waals surface area contributed by atoms with Crippen molar-refractivity contribution in [3.63, 3.8) is 0 Å². The predicted octanol–water partition coefficient (Wildman–Crippen LogP) is 2.39. The number of thioether (sulfide) groups is 1. The Balaban J connectivity index is 1.74. The molecule has 0 amide bonds. The van der Waals surface area contributed by atoms with Crippen molar-refractivity contribution in [1.82, 2.24) is 29.7 Å². The SMILES string of the molecule is Clc1nc(SCC2CCCC2)nc(-n2cncn2)n1. The Bertz CT molecular complexity index is 540. The average Bonchev–Trinajstić information content (AvgIpc) is 3.09. The molecule has 1 aliphatic carbocycles. The zero-order chi connectivity index (χ0) is 13.1. The van der Waals surface area contributed by atoms with E-state index in [1.54, 1.807) is 11.8 Å². The van der Waals surface area contributed by atoms with Gasteiger partial charge in [0.2, 0.25) is 5.28 Å². The van der Waals surface area contributed by atoms with Gasteiger partial charge in [-0.2, -0.15) is 24.7 Å². The van der Waals surface area contributed by atoms with E-state index in [9.17, 15) is 0 Å². The zero-order valence-corrected chi connectivity index (χ0v) is 11.8. The fraction of sp³-hybridized carbons (Fsp3) is 0.545. The summed E-state index contributed by atoms with van der Waals surface area (Å²) in [5.74, 6) is 2.22. The van der Waals surface area contributed by atoms with Crippen LogP contribution in [0.25, 0.3) is 5.95 Å². The Morgan fingerprint density at radius 3 is 2.84 bits per heavy atom. The number of nitrogens with zero attached hydrogens (tertiary/aromatic N) is 6. The summed E-state index contributed by atoms with van der Waals surface area (Å²) >= 11 is 7.56. The molecule has 1 fully saturated rings. The summed E-state index contributed by atoms with van der Waals surface area (Å²) < 4.78 is 1.48. The van der Waals surface area contributed by atoms with Gasteiger partial charge in [0.1, 0.15) is 12.7 Å². The molecule has 0 saturated heterocycles. The first-order valence-electron chi connectivity index (χ1n) is 6.20. The second-order valence-electron chi connectivity index (χ2n) is 4.49. The van der Waals surface area contributed by atoms with Crippen LogP contribution in [0.15, 0.2) is 17.8 Å². The first-order chi connectivity index (χ1) is 9.31. The van der Waals surface area contributed by atoms with Crippen molar-refractivity contribution in [2.45, 2.75) is 30.8 Å². The first-order valence-corrected chi connectivity index (χ1v) is 7.57. The van der Waals surface area contributed by atoms with Gasteiger partial charge in [0.25, 0.3) is 5.95 Å². The van der Waals surface area contributed by atoms with E-state index in [1.165, 1.54) is 43.0 Å². The second-order valence-corrected chi connectivity index (χ2v) is 5.81. The van der Waals surface area contributed by atoms with Gasteiger partial charge >= 0.3 is 0 Å². The van der Waals surface area contributed by atoms with Crippen molar-refractivity contribution in [2.75, 3.05) is 5.75 Å². The van der Waals surface area contributed by atoms with Crippen LogP contribution in [0.3, 0.4) is 0 Å². The van der Waals surface area contributed by atoms with Gasteiger partial charge in [-0.25, -0.2) is 4.98 Å². The number of aromatic nitrogens is 6. The minimum atomic E-state index is 0.189. The molecule has 0 radical (unpaired) electrons. The van der Waals surface area contributed by atoms with Gasteiger partial charge in [-0.1, -0.05) is 24.6 Å². The predicted molar refractivity (Wildman–Crippen MR) is 72.4 cm³/mol. The molecule has 8 heteroatoms. The summed E-state index contributed by atoms with van der Waals surface area (Å²) in [7, 11) is 0. The van der Waals surface area contributed by atoms with Crippen molar-refractivity contribution in [1.29, 1.82) is 0 Å². The molecule has 0 bridgehead atoms. The second kappa shape index (κ2) is 5.83. The third-order valence-electron chi connectivity index (χ3n) is 3.12. The zero-order valence-electron chi connectivity index (χ0n) is 10.2. The Morgan fingerprint density at radius 2 is 2.11 bits per heavy atom. The molecular weight excluding hydrogens is 284 g/mol. The average molecular weight is 297 g/mol. The molecule has 0 aromatic carbocycles. The molecule has 100 valence electrons.